The van der Waals surface area contributed by atoms with E-state index in [2.05, 4.69) is 9.72 Å². The first-order valence-electron chi connectivity index (χ1n) is 3.77. The van der Waals surface area contributed by atoms with Gasteiger partial charge in [0.1, 0.15) is 5.82 Å². The molecule has 0 unspecified atom stereocenters. The van der Waals surface area contributed by atoms with Crippen LogP contribution in [0.4, 0.5) is 5.82 Å². The Bertz CT molecular complexity index is 356. The molecule has 74 valence electrons. The summed E-state index contributed by atoms with van der Waals surface area (Å²) in [4.78, 5) is 14.6. The summed E-state index contributed by atoms with van der Waals surface area (Å²) in [7, 11) is -0.483. The van der Waals surface area contributed by atoms with Crippen LogP contribution in [-0.2, 0) is 4.74 Å². The maximum Gasteiger partial charge on any atom is 0.492 e. The lowest BCUT2D eigenvalue weighted by molar-refractivity contribution is 0.0594. The second-order valence-electron chi connectivity index (χ2n) is 2.54. The van der Waals surface area contributed by atoms with Crippen molar-refractivity contribution in [3.8, 4) is 0 Å². The number of nitrogens with zero attached hydrogens (tertiary/aromatic N) is 1. The maximum atomic E-state index is 11.0. The normalized spacial score (nSPS) is 9.64. The average molecular weight is 196 g/mol. The summed E-state index contributed by atoms with van der Waals surface area (Å²) in [6, 6.07) is 2.61. The zero-order valence-electron chi connectivity index (χ0n) is 7.47. The van der Waals surface area contributed by atoms with Gasteiger partial charge in [0.15, 0.2) is 5.69 Å². The fourth-order valence-corrected chi connectivity index (χ4v) is 0.922. The first-order valence-corrected chi connectivity index (χ1v) is 3.77. The fourth-order valence-electron chi connectivity index (χ4n) is 0.922. The van der Waals surface area contributed by atoms with Crippen LogP contribution in [0.25, 0.3) is 0 Å². The van der Waals surface area contributed by atoms with Gasteiger partial charge in [-0.15, -0.1) is 0 Å². The van der Waals surface area contributed by atoms with Crippen molar-refractivity contribution in [1.29, 1.82) is 0 Å². The number of pyridine rings is 1. The van der Waals surface area contributed by atoms with Crippen LogP contribution in [-0.4, -0.2) is 35.2 Å². The number of aromatic nitrogens is 1. The topological polar surface area (TPSA) is 106 Å². The smallest absolute Gasteiger partial charge is 0.464 e. The average Bonchev–Trinajstić information content (AvgIpc) is 2.15. The Morgan fingerprint density at radius 3 is 2.64 bits per heavy atom. The van der Waals surface area contributed by atoms with Gasteiger partial charge in [0, 0.05) is 5.46 Å². The maximum absolute atomic E-state index is 11.0. The van der Waals surface area contributed by atoms with Crippen LogP contribution in [0.1, 0.15) is 10.5 Å². The molecule has 0 spiro atoms. The molecule has 0 aliphatic rings. The van der Waals surface area contributed by atoms with E-state index < -0.39 is 13.1 Å². The molecule has 0 aromatic carbocycles. The second-order valence-corrected chi connectivity index (χ2v) is 2.54. The zero-order valence-corrected chi connectivity index (χ0v) is 7.47. The van der Waals surface area contributed by atoms with E-state index in [0.717, 1.165) is 0 Å². The van der Waals surface area contributed by atoms with Crippen molar-refractivity contribution in [3.05, 3.63) is 17.8 Å². The van der Waals surface area contributed by atoms with Crippen LogP contribution in [0.5, 0.6) is 0 Å². The number of carbonyl (C=O) groups is 1. The number of nitrogens with two attached hydrogens (primary N) is 1. The zero-order chi connectivity index (χ0) is 10.7. The van der Waals surface area contributed by atoms with Crippen LogP contribution >= 0.6 is 0 Å². The molecule has 0 fully saturated rings. The molecular formula is C7H9BN2O4. The Morgan fingerprint density at radius 1 is 1.57 bits per heavy atom. The Balaban J connectivity index is 3.06. The molecule has 1 aromatic heterocycles. The minimum atomic E-state index is -1.70. The lowest BCUT2D eigenvalue weighted by atomic mass is 9.80. The number of ether oxygens (including phenoxy) is 1. The van der Waals surface area contributed by atoms with Crippen LogP contribution in [0.3, 0.4) is 0 Å². The van der Waals surface area contributed by atoms with Crippen LogP contribution in [0, 0.1) is 0 Å². The number of nitrogen functional groups attached to an aromatic ring is 1. The standard InChI is InChI=1S/C7H9BN2O4/c1-14-7(11)5-3-2-4(8(12)13)6(9)10-5/h2-3,12-13H,1H3,(H2,9,10). The van der Waals surface area contributed by atoms with Gasteiger partial charge in [-0.3, -0.25) is 0 Å². The van der Waals surface area contributed by atoms with Gasteiger partial charge in [-0.25, -0.2) is 9.78 Å². The molecule has 0 aliphatic heterocycles. The molecule has 1 aromatic rings. The lowest BCUT2D eigenvalue weighted by Crippen LogP contribution is -2.33. The van der Waals surface area contributed by atoms with Gasteiger partial charge >= 0.3 is 13.1 Å². The Labute approximate surface area is 80.5 Å². The van der Waals surface area contributed by atoms with E-state index in [1.807, 2.05) is 0 Å². The minimum Gasteiger partial charge on any atom is -0.464 e. The molecule has 0 saturated heterocycles. The fraction of sp³-hybridized carbons (Fsp3) is 0.143. The summed E-state index contributed by atoms with van der Waals surface area (Å²) in [5.74, 6) is -0.737. The highest BCUT2D eigenvalue weighted by Crippen LogP contribution is 2.00. The first-order chi connectivity index (χ1) is 6.56. The SMILES string of the molecule is COC(=O)c1ccc(B(O)O)c(N)n1. The summed E-state index contributed by atoms with van der Waals surface area (Å²) in [5, 5.41) is 17.6. The van der Waals surface area contributed by atoms with Gasteiger partial charge in [0.25, 0.3) is 0 Å². The van der Waals surface area contributed by atoms with Crippen molar-refractivity contribution >= 4 is 24.4 Å². The molecule has 4 N–H and O–H groups in total. The Kier molecular flexibility index (Phi) is 3.05. The molecule has 0 amide bonds. The van der Waals surface area contributed by atoms with E-state index in [1.165, 1.54) is 19.2 Å². The Hall–Kier alpha value is -1.60. The molecule has 14 heavy (non-hydrogen) atoms. The molecule has 0 atom stereocenters. The van der Waals surface area contributed by atoms with Crippen LogP contribution in [0.2, 0.25) is 0 Å². The summed E-state index contributed by atoms with van der Waals surface area (Å²) in [6.45, 7) is 0. The van der Waals surface area contributed by atoms with E-state index in [1.54, 1.807) is 0 Å². The molecule has 0 saturated carbocycles. The first kappa shape index (κ1) is 10.5. The van der Waals surface area contributed by atoms with Crippen molar-refractivity contribution in [3.63, 3.8) is 0 Å². The summed E-state index contributed by atoms with van der Waals surface area (Å²) >= 11 is 0. The third kappa shape index (κ3) is 2.01. The van der Waals surface area contributed by atoms with Crippen molar-refractivity contribution in [1.82, 2.24) is 4.98 Å². The number of esters is 1. The molecule has 0 aliphatic carbocycles. The van der Waals surface area contributed by atoms with E-state index in [4.69, 9.17) is 15.8 Å². The summed E-state index contributed by atoms with van der Waals surface area (Å²) < 4.78 is 4.41. The molecule has 6 nitrogen and oxygen atoms in total. The van der Waals surface area contributed by atoms with E-state index >= 15 is 0 Å². The van der Waals surface area contributed by atoms with Gasteiger partial charge in [0.05, 0.1) is 7.11 Å². The quantitative estimate of drug-likeness (QED) is 0.378. The van der Waals surface area contributed by atoms with Crippen LogP contribution < -0.4 is 11.2 Å². The largest absolute Gasteiger partial charge is 0.492 e. The molecule has 0 radical (unpaired) electrons. The van der Waals surface area contributed by atoms with E-state index in [-0.39, 0.29) is 17.0 Å². The van der Waals surface area contributed by atoms with Crippen molar-refractivity contribution in [2.24, 2.45) is 0 Å². The number of hydrogen-bond acceptors (Lipinski definition) is 6. The highest BCUT2D eigenvalue weighted by Gasteiger charge is 2.17. The lowest BCUT2D eigenvalue weighted by Gasteiger charge is -2.04. The van der Waals surface area contributed by atoms with Crippen molar-refractivity contribution in [2.75, 3.05) is 12.8 Å². The molecule has 0 bridgehead atoms. The van der Waals surface area contributed by atoms with E-state index in [9.17, 15) is 4.79 Å². The van der Waals surface area contributed by atoms with Crippen molar-refractivity contribution in [2.45, 2.75) is 0 Å². The number of rotatable bonds is 2. The molecule has 1 heterocycles. The minimum absolute atomic E-state index is 0.0226. The van der Waals surface area contributed by atoms with Gasteiger partial charge in [-0.2, -0.15) is 0 Å². The molecular weight excluding hydrogens is 187 g/mol. The molecule has 7 heteroatoms. The number of carbonyl (C=O) groups excluding carboxylic acids is 1. The third-order valence-electron chi connectivity index (χ3n) is 1.63. The van der Waals surface area contributed by atoms with Gasteiger partial charge in [-0.1, -0.05) is 6.07 Å². The Morgan fingerprint density at radius 2 is 2.21 bits per heavy atom. The summed E-state index contributed by atoms with van der Waals surface area (Å²) in [6.07, 6.45) is 0. The highest BCUT2D eigenvalue weighted by molar-refractivity contribution is 6.60. The van der Waals surface area contributed by atoms with E-state index in [0.29, 0.717) is 0 Å². The summed E-state index contributed by atoms with van der Waals surface area (Å²) in [5.41, 5.74) is 5.45. The third-order valence-corrected chi connectivity index (χ3v) is 1.63. The monoisotopic (exact) mass is 196 g/mol. The second kappa shape index (κ2) is 4.08. The van der Waals surface area contributed by atoms with Gasteiger partial charge in [0.2, 0.25) is 0 Å². The number of hydrogen-bond donors (Lipinski definition) is 3. The molecule has 1 rings (SSSR count). The van der Waals surface area contributed by atoms with Crippen LogP contribution in [0.15, 0.2) is 12.1 Å². The number of methoxy groups -OCH3 is 1. The predicted octanol–water partition coefficient (Wildman–Crippen LogP) is -1.87. The highest BCUT2D eigenvalue weighted by atomic mass is 16.5. The van der Waals surface area contributed by atoms with Crippen molar-refractivity contribution < 1.29 is 19.6 Å². The van der Waals surface area contributed by atoms with Gasteiger partial charge in [-0.05, 0) is 6.07 Å². The van der Waals surface area contributed by atoms with Gasteiger partial charge < -0.3 is 20.5 Å². The number of anilines is 1. The predicted molar refractivity (Wildman–Crippen MR) is 49.8 cm³/mol.